The summed E-state index contributed by atoms with van der Waals surface area (Å²) in [7, 11) is 1.67. The minimum atomic E-state index is -0.00474. The van der Waals surface area contributed by atoms with Crippen LogP contribution in [0.1, 0.15) is 35.3 Å². The Balaban J connectivity index is 1.59. The molecule has 0 radical (unpaired) electrons. The summed E-state index contributed by atoms with van der Waals surface area (Å²) in [6, 6.07) is 9.62. The van der Waals surface area contributed by atoms with Crippen molar-refractivity contribution >= 4 is 11.9 Å². The highest BCUT2D eigenvalue weighted by Crippen LogP contribution is 2.18. The van der Waals surface area contributed by atoms with Gasteiger partial charge in [0.15, 0.2) is 0 Å². The summed E-state index contributed by atoms with van der Waals surface area (Å²) < 4.78 is 5.36. The smallest absolute Gasteiger partial charge is 0.272 e. The van der Waals surface area contributed by atoms with Gasteiger partial charge in [0.25, 0.3) is 5.91 Å². The third-order valence-electron chi connectivity index (χ3n) is 4.39. The van der Waals surface area contributed by atoms with Crippen LogP contribution in [-0.2, 0) is 6.42 Å². The molecule has 1 aromatic carbocycles. The Kier molecular flexibility index (Phi) is 5.82. The van der Waals surface area contributed by atoms with Gasteiger partial charge in [-0.25, -0.2) is 9.97 Å². The molecule has 1 saturated heterocycles. The summed E-state index contributed by atoms with van der Waals surface area (Å²) in [5, 5.41) is 3.19. The van der Waals surface area contributed by atoms with E-state index in [4.69, 9.17) is 4.74 Å². The zero-order valence-corrected chi connectivity index (χ0v) is 14.6. The fraction of sp³-hybridized carbons (Fsp3) is 0.421. The normalized spacial score (nSPS) is 14.2. The molecule has 3 rings (SSSR count). The Hall–Kier alpha value is -2.63. The average molecular weight is 340 g/mol. The number of hydrogen-bond donors (Lipinski definition) is 1. The fourth-order valence-corrected chi connectivity index (χ4v) is 3.04. The van der Waals surface area contributed by atoms with Crippen LogP contribution in [-0.4, -0.2) is 47.5 Å². The van der Waals surface area contributed by atoms with E-state index in [0.717, 1.165) is 43.7 Å². The summed E-state index contributed by atoms with van der Waals surface area (Å²) >= 11 is 0. The van der Waals surface area contributed by atoms with Crippen molar-refractivity contribution in [2.75, 3.05) is 32.1 Å². The Morgan fingerprint density at radius 3 is 2.80 bits per heavy atom. The number of likely N-dealkylation sites (tertiary alicyclic amines) is 1. The van der Waals surface area contributed by atoms with E-state index >= 15 is 0 Å². The molecule has 1 fully saturated rings. The minimum Gasteiger partial charge on any atom is -0.496 e. The monoisotopic (exact) mass is 340 g/mol. The molecule has 0 spiro atoms. The van der Waals surface area contributed by atoms with Crippen molar-refractivity contribution in [3.63, 3.8) is 0 Å². The number of amides is 1. The van der Waals surface area contributed by atoms with Crippen molar-refractivity contribution < 1.29 is 9.53 Å². The topological polar surface area (TPSA) is 67.3 Å². The number of aromatic nitrogens is 2. The van der Waals surface area contributed by atoms with Crippen LogP contribution in [0.2, 0.25) is 0 Å². The molecule has 1 aliphatic heterocycles. The summed E-state index contributed by atoms with van der Waals surface area (Å²) in [5.74, 6) is 1.35. The molecule has 132 valence electrons. The highest BCUT2D eigenvalue weighted by atomic mass is 16.5. The molecule has 0 saturated carbocycles. The number of rotatable bonds is 6. The molecule has 1 aliphatic rings. The maximum Gasteiger partial charge on any atom is 0.272 e. The zero-order valence-electron chi connectivity index (χ0n) is 14.6. The number of carbonyl (C=O) groups is 1. The number of piperidine rings is 1. The second-order valence-corrected chi connectivity index (χ2v) is 6.11. The number of ether oxygens (including phenoxy) is 1. The Bertz CT molecular complexity index is 714. The van der Waals surface area contributed by atoms with Crippen molar-refractivity contribution in [1.29, 1.82) is 0 Å². The molecule has 25 heavy (non-hydrogen) atoms. The molecule has 1 N–H and O–H groups in total. The largest absolute Gasteiger partial charge is 0.496 e. The highest BCUT2D eigenvalue weighted by Gasteiger charge is 2.19. The van der Waals surface area contributed by atoms with E-state index in [-0.39, 0.29) is 5.91 Å². The van der Waals surface area contributed by atoms with Crippen LogP contribution in [0.15, 0.2) is 36.5 Å². The first kappa shape index (κ1) is 17.2. The molecule has 0 unspecified atom stereocenters. The molecule has 0 bridgehead atoms. The molecule has 2 heterocycles. The molecule has 1 amide bonds. The molecule has 6 heteroatoms. The highest BCUT2D eigenvalue weighted by molar-refractivity contribution is 5.92. The average Bonchev–Trinajstić information content (AvgIpc) is 2.69. The Labute approximate surface area is 148 Å². The lowest BCUT2D eigenvalue weighted by molar-refractivity contribution is 0.0718. The van der Waals surface area contributed by atoms with Crippen LogP contribution < -0.4 is 10.1 Å². The first-order valence-electron chi connectivity index (χ1n) is 8.76. The van der Waals surface area contributed by atoms with Crippen LogP contribution in [0.25, 0.3) is 0 Å². The van der Waals surface area contributed by atoms with Gasteiger partial charge in [0.1, 0.15) is 11.4 Å². The lowest BCUT2D eigenvalue weighted by atomic mass is 10.1. The van der Waals surface area contributed by atoms with Gasteiger partial charge in [-0.3, -0.25) is 4.79 Å². The molecule has 1 aromatic heterocycles. The number of para-hydroxylation sites is 1. The van der Waals surface area contributed by atoms with Crippen LogP contribution in [0.3, 0.4) is 0 Å². The van der Waals surface area contributed by atoms with Crippen molar-refractivity contribution in [1.82, 2.24) is 14.9 Å². The van der Waals surface area contributed by atoms with Gasteiger partial charge in [-0.1, -0.05) is 18.2 Å². The first-order valence-corrected chi connectivity index (χ1v) is 8.76. The quantitative estimate of drug-likeness (QED) is 0.876. The number of nitrogens with zero attached hydrogens (tertiary/aromatic N) is 3. The van der Waals surface area contributed by atoms with E-state index in [1.54, 1.807) is 19.4 Å². The minimum absolute atomic E-state index is 0.00474. The molecular weight excluding hydrogens is 316 g/mol. The number of benzene rings is 1. The van der Waals surface area contributed by atoms with E-state index in [1.807, 2.05) is 29.2 Å². The van der Waals surface area contributed by atoms with E-state index in [0.29, 0.717) is 18.2 Å². The third kappa shape index (κ3) is 4.47. The predicted molar refractivity (Wildman–Crippen MR) is 97.0 cm³/mol. The zero-order chi connectivity index (χ0) is 17.5. The Morgan fingerprint density at radius 2 is 2.00 bits per heavy atom. The van der Waals surface area contributed by atoms with Crippen LogP contribution >= 0.6 is 0 Å². The number of anilines is 1. The molecule has 6 nitrogen and oxygen atoms in total. The van der Waals surface area contributed by atoms with Crippen molar-refractivity contribution in [3.05, 3.63) is 47.8 Å². The van der Waals surface area contributed by atoms with Gasteiger partial charge in [-0.2, -0.15) is 0 Å². The van der Waals surface area contributed by atoms with Crippen LogP contribution in [0.5, 0.6) is 5.75 Å². The third-order valence-corrected chi connectivity index (χ3v) is 4.39. The second kappa shape index (κ2) is 8.46. The standard InChI is InChI=1S/C19H24N4O2/c1-25-17-8-4-3-7-15(17)9-11-20-19-21-12-10-16(22-19)18(24)23-13-5-2-6-14-23/h3-4,7-8,10,12H,2,5-6,9,11,13-14H2,1H3,(H,20,21,22). The van der Waals surface area contributed by atoms with Gasteiger partial charge < -0.3 is 15.0 Å². The number of hydrogen-bond acceptors (Lipinski definition) is 5. The van der Waals surface area contributed by atoms with Gasteiger partial charge in [0.2, 0.25) is 5.95 Å². The summed E-state index contributed by atoms with van der Waals surface area (Å²) in [5.41, 5.74) is 1.58. The number of nitrogens with one attached hydrogen (secondary N) is 1. The van der Waals surface area contributed by atoms with Gasteiger partial charge in [0, 0.05) is 25.8 Å². The number of carbonyl (C=O) groups excluding carboxylic acids is 1. The number of methoxy groups -OCH3 is 1. The fourth-order valence-electron chi connectivity index (χ4n) is 3.04. The maximum absolute atomic E-state index is 12.5. The molecule has 2 aromatic rings. The predicted octanol–water partition coefficient (Wildman–Crippen LogP) is 2.77. The van der Waals surface area contributed by atoms with Crippen LogP contribution in [0, 0.1) is 0 Å². The lowest BCUT2D eigenvalue weighted by Gasteiger charge is -2.26. The van der Waals surface area contributed by atoms with Gasteiger partial charge in [-0.15, -0.1) is 0 Å². The van der Waals surface area contributed by atoms with E-state index < -0.39 is 0 Å². The van der Waals surface area contributed by atoms with E-state index in [1.165, 1.54) is 6.42 Å². The van der Waals surface area contributed by atoms with Crippen LogP contribution in [0.4, 0.5) is 5.95 Å². The van der Waals surface area contributed by atoms with E-state index in [9.17, 15) is 4.79 Å². The van der Waals surface area contributed by atoms with Crippen molar-refractivity contribution in [3.8, 4) is 5.75 Å². The molecule has 0 aliphatic carbocycles. The van der Waals surface area contributed by atoms with Gasteiger partial charge in [0.05, 0.1) is 7.11 Å². The van der Waals surface area contributed by atoms with Crippen molar-refractivity contribution in [2.24, 2.45) is 0 Å². The molecule has 0 atom stereocenters. The summed E-state index contributed by atoms with van der Waals surface area (Å²) in [4.78, 5) is 23.0. The van der Waals surface area contributed by atoms with Gasteiger partial charge >= 0.3 is 0 Å². The van der Waals surface area contributed by atoms with Gasteiger partial charge in [-0.05, 0) is 43.4 Å². The SMILES string of the molecule is COc1ccccc1CCNc1nccc(C(=O)N2CCCCC2)n1. The first-order chi connectivity index (χ1) is 12.3. The Morgan fingerprint density at radius 1 is 1.20 bits per heavy atom. The lowest BCUT2D eigenvalue weighted by Crippen LogP contribution is -2.36. The van der Waals surface area contributed by atoms with Crippen molar-refractivity contribution in [2.45, 2.75) is 25.7 Å². The molecular formula is C19H24N4O2. The van der Waals surface area contributed by atoms with E-state index in [2.05, 4.69) is 15.3 Å². The summed E-state index contributed by atoms with van der Waals surface area (Å²) in [6.07, 6.45) is 5.76. The maximum atomic E-state index is 12.5. The summed E-state index contributed by atoms with van der Waals surface area (Å²) in [6.45, 7) is 2.31. The second-order valence-electron chi connectivity index (χ2n) is 6.11.